The topological polar surface area (TPSA) is 79.0 Å². The Balaban J connectivity index is 1.49. The third-order valence-electron chi connectivity index (χ3n) is 5.86. The minimum atomic E-state index is -3.32. The van der Waals surface area contributed by atoms with Gasteiger partial charge in [-0.05, 0) is 67.6 Å². The van der Waals surface area contributed by atoms with Gasteiger partial charge in [-0.2, -0.15) is 0 Å². The van der Waals surface area contributed by atoms with E-state index in [-0.39, 0.29) is 18.6 Å². The number of carbonyl (C=O) groups excluding carboxylic acids is 1. The summed E-state index contributed by atoms with van der Waals surface area (Å²) in [6.07, 6.45) is 3.67. The van der Waals surface area contributed by atoms with Gasteiger partial charge in [-0.3, -0.25) is 9.10 Å². The molecule has 0 saturated carbocycles. The van der Waals surface area contributed by atoms with Gasteiger partial charge in [0.25, 0.3) is 5.91 Å². The lowest BCUT2D eigenvalue weighted by Gasteiger charge is -2.33. The first-order valence-corrected chi connectivity index (χ1v) is 12.8. The molecule has 174 valence electrons. The van der Waals surface area contributed by atoms with Gasteiger partial charge in [-0.25, -0.2) is 8.42 Å². The summed E-state index contributed by atoms with van der Waals surface area (Å²) >= 11 is 0. The second kappa shape index (κ2) is 10.3. The van der Waals surface area contributed by atoms with Crippen LogP contribution in [0, 0.1) is 5.92 Å². The standard InChI is InChI=1S/C24H33N3O4S/c1-18-6-5-15-27(16-18)22-9-7-20(8-10-22)19(2)25-24(28)17-31-23-13-11-21(12-14-23)26(3)32(4,29)30/h7-14,18-19H,5-6,15-17H2,1-4H3,(H,25,28)/t18-,19+/m1/s1. The molecular formula is C24H33N3O4S. The summed E-state index contributed by atoms with van der Waals surface area (Å²) < 4.78 is 29.9. The van der Waals surface area contributed by atoms with Crippen molar-refractivity contribution in [2.75, 3.05) is 42.2 Å². The van der Waals surface area contributed by atoms with Crippen molar-refractivity contribution < 1.29 is 17.9 Å². The molecule has 0 aromatic heterocycles. The van der Waals surface area contributed by atoms with Gasteiger partial charge in [0.1, 0.15) is 5.75 Å². The number of hydrogen-bond donors (Lipinski definition) is 1. The first kappa shape index (κ1) is 23.9. The van der Waals surface area contributed by atoms with E-state index in [1.165, 1.54) is 29.9 Å². The Bertz CT molecular complexity index is 1010. The van der Waals surface area contributed by atoms with Crippen molar-refractivity contribution in [1.82, 2.24) is 5.32 Å². The van der Waals surface area contributed by atoms with E-state index in [1.54, 1.807) is 24.3 Å². The minimum absolute atomic E-state index is 0.116. The molecule has 2 aromatic rings. The van der Waals surface area contributed by atoms with Crippen LogP contribution in [0.25, 0.3) is 0 Å². The Labute approximate surface area is 191 Å². The number of sulfonamides is 1. The van der Waals surface area contributed by atoms with Crippen LogP contribution >= 0.6 is 0 Å². The van der Waals surface area contributed by atoms with Crippen LogP contribution in [0.4, 0.5) is 11.4 Å². The van der Waals surface area contributed by atoms with E-state index in [9.17, 15) is 13.2 Å². The molecule has 1 fully saturated rings. The van der Waals surface area contributed by atoms with E-state index >= 15 is 0 Å². The smallest absolute Gasteiger partial charge is 0.258 e. The highest BCUT2D eigenvalue weighted by Crippen LogP contribution is 2.25. The van der Waals surface area contributed by atoms with Crippen LogP contribution < -0.4 is 19.3 Å². The fourth-order valence-electron chi connectivity index (χ4n) is 3.86. The lowest BCUT2D eigenvalue weighted by atomic mass is 9.99. The van der Waals surface area contributed by atoms with E-state index in [4.69, 9.17) is 4.74 Å². The highest BCUT2D eigenvalue weighted by atomic mass is 32.2. The predicted molar refractivity (Wildman–Crippen MR) is 129 cm³/mol. The second-order valence-electron chi connectivity index (χ2n) is 8.59. The van der Waals surface area contributed by atoms with Crippen molar-refractivity contribution >= 4 is 27.3 Å². The van der Waals surface area contributed by atoms with Crippen molar-refractivity contribution in [3.8, 4) is 5.75 Å². The van der Waals surface area contributed by atoms with Crippen LogP contribution in [0.5, 0.6) is 5.75 Å². The van der Waals surface area contributed by atoms with Crippen LogP contribution in [0.15, 0.2) is 48.5 Å². The van der Waals surface area contributed by atoms with Crippen molar-refractivity contribution in [1.29, 1.82) is 0 Å². The monoisotopic (exact) mass is 459 g/mol. The normalized spacial score (nSPS) is 17.5. The molecule has 0 unspecified atom stereocenters. The molecule has 1 heterocycles. The van der Waals surface area contributed by atoms with Crippen molar-refractivity contribution in [3.63, 3.8) is 0 Å². The number of rotatable bonds is 8. The summed E-state index contributed by atoms with van der Waals surface area (Å²) in [4.78, 5) is 14.7. The van der Waals surface area contributed by atoms with Gasteiger partial charge in [-0.1, -0.05) is 19.1 Å². The summed E-state index contributed by atoms with van der Waals surface area (Å²) in [5.74, 6) is 1.00. The molecule has 32 heavy (non-hydrogen) atoms. The molecule has 0 radical (unpaired) electrons. The fraction of sp³-hybridized carbons (Fsp3) is 0.458. The number of anilines is 2. The quantitative estimate of drug-likeness (QED) is 0.653. The molecule has 7 nitrogen and oxygen atoms in total. The molecule has 0 spiro atoms. The van der Waals surface area contributed by atoms with E-state index in [0.29, 0.717) is 11.4 Å². The van der Waals surface area contributed by atoms with Crippen molar-refractivity contribution in [2.45, 2.75) is 32.7 Å². The molecule has 1 aliphatic rings. The van der Waals surface area contributed by atoms with Gasteiger partial charge in [0.15, 0.2) is 6.61 Å². The molecule has 1 aliphatic heterocycles. The Morgan fingerprint density at radius 3 is 2.44 bits per heavy atom. The highest BCUT2D eigenvalue weighted by Gasteiger charge is 2.17. The summed E-state index contributed by atoms with van der Waals surface area (Å²) in [6, 6.07) is 14.8. The lowest BCUT2D eigenvalue weighted by molar-refractivity contribution is -0.123. The third kappa shape index (κ3) is 6.38. The molecule has 1 saturated heterocycles. The van der Waals surface area contributed by atoms with Crippen LogP contribution in [-0.2, 0) is 14.8 Å². The maximum Gasteiger partial charge on any atom is 0.258 e. The van der Waals surface area contributed by atoms with Crippen molar-refractivity contribution in [2.24, 2.45) is 5.92 Å². The van der Waals surface area contributed by atoms with Crippen LogP contribution in [0.1, 0.15) is 38.3 Å². The minimum Gasteiger partial charge on any atom is -0.484 e. The molecular weight excluding hydrogens is 426 g/mol. The Kier molecular flexibility index (Phi) is 7.66. The first-order chi connectivity index (χ1) is 15.1. The Morgan fingerprint density at radius 2 is 1.84 bits per heavy atom. The predicted octanol–water partition coefficient (Wildman–Crippen LogP) is 3.57. The van der Waals surface area contributed by atoms with Crippen LogP contribution in [0.2, 0.25) is 0 Å². The number of benzene rings is 2. The van der Waals surface area contributed by atoms with Gasteiger partial charge in [0.05, 0.1) is 18.0 Å². The largest absolute Gasteiger partial charge is 0.484 e. The summed E-state index contributed by atoms with van der Waals surface area (Å²) in [7, 11) is -1.83. The third-order valence-corrected chi connectivity index (χ3v) is 7.07. The number of hydrogen-bond acceptors (Lipinski definition) is 5. The zero-order valence-electron chi connectivity index (χ0n) is 19.2. The highest BCUT2D eigenvalue weighted by molar-refractivity contribution is 7.92. The molecule has 8 heteroatoms. The zero-order valence-corrected chi connectivity index (χ0v) is 20.1. The number of ether oxygens (including phenoxy) is 1. The number of amides is 1. The number of nitrogens with one attached hydrogen (secondary N) is 1. The van der Waals surface area contributed by atoms with Gasteiger partial charge in [-0.15, -0.1) is 0 Å². The van der Waals surface area contributed by atoms with Crippen LogP contribution in [0.3, 0.4) is 0 Å². The molecule has 2 aromatic carbocycles. The molecule has 3 rings (SSSR count). The van der Waals surface area contributed by atoms with Gasteiger partial charge in [0, 0.05) is 25.8 Å². The number of carbonyl (C=O) groups is 1. The SMILES string of the molecule is C[C@@H]1CCCN(c2ccc([C@H](C)NC(=O)COc3ccc(N(C)S(C)(=O)=O)cc3)cc2)C1. The molecule has 0 bridgehead atoms. The van der Waals surface area contributed by atoms with Gasteiger partial charge < -0.3 is 15.0 Å². The first-order valence-electron chi connectivity index (χ1n) is 10.9. The molecule has 2 atom stereocenters. The molecule has 1 N–H and O–H groups in total. The van der Waals surface area contributed by atoms with Crippen LogP contribution in [-0.4, -0.2) is 47.3 Å². The Hall–Kier alpha value is -2.74. The summed E-state index contributed by atoms with van der Waals surface area (Å²) in [5, 5.41) is 2.96. The number of piperidine rings is 1. The zero-order chi connectivity index (χ0) is 23.3. The van der Waals surface area contributed by atoms with E-state index in [2.05, 4.69) is 41.4 Å². The average molecular weight is 460 g/mol. The maximum absolute atomic E-state index is 12.3. The maximum atomic E-state index is 12.3. The fourth-order valence-corrected chi connectivity index (χ4v) is 4.36. The van der Waals surface area contributed by atoms with Crippen molar-refractivity contribution in [3.05, 3.63) is 54.1 Å². The number of nitrogens with zero attached hydrogens (tertiary/aromatic N) is 2. The van der Waals surface area contributed by atoms with Gasteiger partial charge in [0.2, 0.25) is 10.0 Å². The van der Waals surface area contributed by atoms with E-state index in [0.717, 1.165) is 30.8 Å². The van der Waals surface area contributed by atoms with E-state index in [1.807, 2.05) is 6.92 Å². The summed E-state index contributed by atoms with van der Waals surface area (Å²) in [5.41, 5.74) is 2.80. The van der Waals surface area contributed by atoms with E-state index < -0.39 is 10.0 Å². The summed E-state index contributed by atoms with van der Waals surface area (Å²) in [6.45, 7) is 6.32. The molecule has 0 aliphatic carbocycles. The average Bonchev–Trinajstić information content (AvgIpc) is 2.77. The Morgan fingerprint density at radius 1 is 1.19 bits per heavy atom. The lowest BCUT2D eigenvalue weighted by Crippen LogP contribution is -2.34. The van der Waals surface area contributed by atoms with Gasteiger partial charge >= 0.3 is 0 Å². The second-order valence-corrected chi connectivity index (χ2v) is 10.6. The molecule has 1 amide bonds.